The fourth-order valence-corrected chi connectivity index (χ4v) is 5.48. The Morgan fingerprint density at radius 3 is 2.27 bits per heavy atom. The van der Waals surface area contributed by atoms with Crippen molar-refractivity contribution in [2.75, 3.05) is 12.4 Å². The largest absolute Gasteiger partial charge is 0.465 e. The number of carbonyl (C=O) groups is 2. The molecule has 0 radical (unpaired) electrons. The van der Waals surface area contributed by atoms with E-state index >= 15 is 0 Å². The number of hydrogen-bond donors (Lipinski definition) is 1. The first-order valence-corrected chi connectivity index (χ1v) is 11.9. The molecule has 0 saturated carbocycles. The number of rotatable bonds is 5. The van der Waals surface area contributed by atoms with Gasteiger partial charge >= 0.3 is 5.97 Å². The zero-order valence-electron chi connectivity index (χ0n) is 18.3. The third-order valence-corrected chi connectivity index (χ3v) is 7.59. The molecule has 1 N–H and O–H groups in total. The molecular weight excluding hydrogens is 440 g/mol. The van der Waals surface area contributed by atoms with E-state index in [1.54, 1.807) is 48.5 Å². The number of ether oxygens (including phenoxy) is 1. The van der Waals surface area contributed by atoms with Gasteiger partial charge in [0.2, 0.25) is 15.9 Å². The molecule has 1 atom stereocenters. The van der Waals surface area contributed by atoms with Gasteiger partial charge in [-0.25, -0.2) is 13.2 Å². The topological polar surface area (TPSA) is 92.8 Å². The number of aryl methyl sites for hydroxylation is 1. The van der Waals surface area contributed by atoms with Crippen LogP contribution in [0.1, 0.15) is 27.0 Å². The molecule has 0 fully saturated rings. The smallest absolute Gasteiger partial charge is 0.339 e. The maximum absolute atomic E-state index is 13.6. The van der Waals surface area contributed by atoms with Crippen LogP contribution in [0, 0.1) is 6.92 Å². The molecule has 0 aromatic heterocycles. The Kier molecular flexibility index (Phi) is 6.31. The Hall–Kier alpha value is -3.49. The number of nitrogens with zero attached hydrogens (tertiary/aromatic N) is 1. The fraction of sp³-hybridized carbons (Fsp3) is 0.200. The van der Waals surface area contributed by atoms with Gasteiger partial charge in [0.1, 0.15) is 6.04 Å². The van der Waals surface area contributed by atoms with E-state index in [-0.39, 0.29) is 29.1 Å². The third-order valence-electron chi connectivity index (χ3n) is 5.73. The number of nitrogens with one attached hydrogen (secondary N) is 1. The maximum Gasteiger partial charge on any atom is 0.339 e. The number of hydrogen-bond acceptors (Lipinski definition) is 5. The molecule has 1 heterocycles. The average Bonchev–Trinajstić information content (AvgIpc) is 2.83. The van der Waals surface area contributed by atoms with Crippen LogP contribution < -0.4 is 5.32 Å². The lowest BCUT2D eigenvalue weighted by Gasteiger charge is -2.35. The van der Waals surface area contributed by atoms with Gasteiger partial charge in [0.25, 0.3) is 0 Å². The number of esters is 1. The standard InChI is InChI=1S/C25H24N2O5S/c1-17-11-13-20(14-12-17)33(30,31)27-16-19-8-4-3-7-18(19)15-23(27)24(28)26-22-10-6-5-9-21(22)25(29)32-2/h3-14,23H,15-16H2,1-2H3,(H,26,28)/t23-/m0/s1. The molecule has 170 valence electrons. The molecule has 3 aromatic rings. The maximum atomic E-state index is 13.6. The van der Waals surface area contributed by atoms with E-state index in [2.05, 4.69) is 5.32 Å². The number of fused-ring (bicyclic) bond motifs is 1. The first-order chi connectivity index (χ1) is 15.8. The fourth-order valence-electron chi connectivity index (χ4n) is 3.92. The van der Waals surface area contributed by atoms with Gasteiger partial charge in [-0.05, 0) is 48.7 Å². The van der Waals surface area contributed by atoms with E-state index in [1.165, 1.54) is 11.4 Å². The van der Waals surface area contributed by atoms with E-state index in [9.17, 15) is 18.0 Å². The van der Waals surface area contributed by atoms with Crippen LogP contribution in [-0.4, -0.2) is 37.8 Å². The Balaban J connectivity index is 1.72. The van der Waals surface area contributed by atoms with Crippen molar-refractivity contribution in [2.24, 2.45) is 0 Å². The molecule has 33 heavy (non-hydrogen) atoms. The van der Waals surface area contributed by atoms with E-state index in [0.717, 1.165) is 16.7 Å². The molecule has 0 saturated heterocycles. The first-order valence-electron chi connectivity index (χ1n) is 10.4. The second-order valence-corrected chi connectivity index (χ2v) is 9.77. The molecule has 0 bridgehead atoms. The highest BCUT2D eigenvalue weighted by Gasteiger charge is 2.39. The van der Waals surface area contributed by atoms with Crippen LogP contribution in [0.4, 0.5) is 5.69 Å². The van der Waals surface area contributed by atoms with Gasteiger partial charge in [-0.15, -0.1) is 0 Å². The molecule has 1 amide bonds. The number of methoxy groups -OCH3 is 1. The molecule has 7 nitrogen and oxygen atoms in total. The molecule has 3 aromatic carbocycles. The Labute approximate surface area is 193 Å². The Bertz CT molecular complexity index is 1300. The number of benzene rings is 3. The van der Waals surface area contributed by atoms with Crippen molar-refractivity contribution < 1.29 is 22.7 Å². The summed E-state index contributed by atoms with van der Waals surface area (Å²) in [6, 6.07) is 19.5. The summed E-state index contributed by atoms with van der Waals surface area (Å²) in [5.41, 5.74) is 3.16. The van der Waals surface area contributed by atoms with E-state index in [1.807, 2.05) is 31.2 Å². The average molecular weight is 465 g/mol. The quantitative estimate of drug-likeness (QED) is 0.583. The first kappa shape index (κ1) is 22.7. The monoisotopic (exact) mass is 464 g/mol. The van der Waals surface area contributed by atoms with Gasteiger partial charge < -0.3 is 10.1 Å². The van der Waals surface area contributed by atoms with Gasteiger partial charge in [-0.3, -0.25) is 4.79 Å². The van der Waals surface area contributed by atoms with E-state index < -0.39 is 27.9 Å². The Morgan fingerprint density at radius 2 is 1.58 bits per heavy atom. The predicted octanol–water partition coefficient (Wildman–Crippen LogP) is 3.54. The van der Waals surface area contributed by atoms with Gasteiger partial charge in [-0.2, -0.15) is 4.31 Å². The van der Waals surface area contributed by atoms with Crippen LogP contribution in [0.5, 0.6) is 0 Å². The van der Waals surface area contributed by atoms with Crippen molar-refractivity contribution >= 4 is 27.6 Å². The summed E-state index contributed by atoms with van der Waals surface area (Å²) in [5.74, 6) is -1.11. The summed E-state index contributed by atoms with van der Waals surface area (Å²) in [7, 11) is -2.70. The predicted molar refractivity (Wildman–Crippen MR) is 124 cm³/mol. The highest BCUT2D eigenvalue weighted by atomic mass is 32.2. The molecule has 1 aliphatic heterocycles. The minimum atomic E-state index is -3.96. The molecule has 4 rings (SSSR count). The number of amides is 1. The minimum absolute atomic E-state index is 0.0725. The van der Waals surface area contributed by atoms with Crippen LogP contribution in [0.3, 0.4) is 0 Å². The van der Waals surface area contributed by atoms with Crippen LogP contribution >= 0.6 is 0 Å². The third kappa shape index (κ3) is 4.53. The second-order valence-electron chi connectivity index (χ2n) is 7.88. The van der Waals surface area contributed by atoms with Crippen molar-refractivity contribution in [2.45, 2.75) is 30.8 Å². The summed E-state index contributed by atoms with van der Waals surface area (Å²) < 4.78 is 33.2. The highest BCUT2D eigenvalue weighted by molar-refractivity contribution is 7.89. The number of anilines is 1. The van der Waals surface area contributed by atoms with Crippen LogP contribution in [-0.2, 0) is 32.5 Å². The van der Waals surface area contributed by atoms with Gasteiger partial charge in [0.15, 0.2) is 0 Å². The minimum Gasteiger partial charge on any atom is -0.465 e. The lowest BCUT2D eigenvalue weighted by molar-refractivity contribution is -0.120. The van der Waals surface area contributed by atoms with Crippen LogP contribution in [0.25, 0.3) is 0 Å². The lowest BCUT2D eigenvalue weighted by Crippen LogP contribution is -2.50. The normalized spacial score (nSPS) is 16.0. The summed E-state index contributed by atoms with van der Waals surface area (Å²) in [6.45, 7) is 1.95. The van der Waals surface area contributed by atoms with Gasteiger partial charge in [0.05, 0.1) is 23.3 Å². The summed E-state index contributed by atoms with van der Waals surface area (Å²) in [4.78, 5) is 25.7. The van der Waals surface area contributed by atoms with Gasteiger partial charge in [0, 0.05) is 6.54 Å². The van der Waals surface area contributed by atoms with E-state index in [0.29, 0.717) is 0 Å². The van der Waals surface area contributed by atoms with Crippen molar-refractivity contribution in [1.82, 2.24) is 4.31 Å². The molecule has 0 unspecified atom stereocenters. The molecule has 0 spiro atoms. The molecular formula is C25H24N2O5S. The van der Waals surface area contributed by atoms with Gasteiger partial charge in [-0.1, -0.05) is 54.1 Å². The Morgan fingerprint density at radius 1 is 0.939 bits per heavy atom. The van der Waals surface area contributed by atoms with Crippen molar-refractivity contribution in [3.8, 4) is 0 Å². The zero-order chi connectivity index (χ0) is 23.6. The molecule has 1 aliphatic rings. The molecule has 0 aliphatic carbocycles. The zero-order valence-corrected chi connectivity index (χ0v) is 19.1. The summed E-state index contributed by atoms with van der Waals surface area (Å²) >= 11 is 0. The van der Waals surface area contributed by atoms with Crippen molar-refractivity contribution in [3.63, 3.8) is 0 Å². The number of sulfonamides is 1. The van der Waals surface area contributed by atoms with Crippen molar-refractivity contribution in [3.05, 3.63) is 95.1 Å². The van der Waals surface area contributed by atoms with Crippen molar-refractivity contribution in [1.29, 1.82) is 0 Å². The lowest BCUT2D eigenvalue weighted by atomic mass is 9.95. The second kappa shape index (κ2) is 9.17. The molecule has 8 heteroatoms. The number of carbonyl (C=O) groups excluding carboxylic acids is 2. The van der Waals surface area contributed by atoms with E-state index in [4.69, 9.17) is 4.74 Å². The summed E-state index contributed by atoms with van der Waals surface area (Å²) in [6.07, 6.45) is 0.216. The van der Waals surface area contributed by atoms with Crippen LogP contribution in [0.2, 0.25) is 0 Å². The van der Waals surface area contributed by atoms with Crippen LogP contribution in [0.15, 0.2) is 77.7 Å². The highest BCUT2D eigenvalue weighted by Crippen LogP contribution is 2.30. The summed E-state index contributed by atoms with van der Waals surface area (Å²) in [5, 5.41) is 2.74. The number of para-hydroxylation sites is 1. The SMILES string of the molecule is COC(=O)c1ccccc1NC(=O)[C@@H]1Cc2ccccc2CN1S(=O)(=O)c1ccc(C)cc1.